The zero-order valence-electron chi connectivity index (χ0n) is 11.0. The monoisotopic (exact) mass is 234 g/mol. The molecule has 2 N–H and O–H groups in total. The summed E-state index contributed by atoms with van der Waals surface area (Å²) in [4.78, 5) is 0. The molecule has 0 unspecified atom stereocenters. The lowest BCUT2D eigenvalue weighted by molar-refractivity contribution is 0.0843. The fourth-order valence-electron chi connectivity index (χ4n) is 4.13. The van der Waals surface area contributed by atoms with Gasteiger partial charge in [0.2, 0.25) is 0 Å². The van der Waals surface area contributed by atoms with Gasteiger partial charge in [0, 0.05) is 6.54 Å². The Kier molecular flexibility index (Phi) is 4.45. The first-order chi connectivity index (χ1) is 8.33. The zero-order valence-corrected chi connectivity index (χ0v) is 11.0. The van der Waals surface area contributed by atoms with E-state index in [0.29, 0.717) is 18.4 Å². The van der Waals surface area contributed by atoms with Crippen molar-refractivity contribution in [1.29, 1.82) is 5.26 Å². The Morgan fingerprint density at radius 3 is 1.59 bits per heavy atom. The molecule has 2 heteroatoms. The Balaban J connectivity index is 2.14. The van der Waals surface area contributed by atoms with Gasteiger partial charge in [-0.15, -0.1) is 0 Å². The maximum Gasteiger partial charge on any atom is 0.0752 e. The van der Waals surface area contributed by atoms with E-state index >= 15 is 0 Å². The normalized spacial score (nSPS) is 24.5. The third-order valence-electron chi connectivity index (χ3n) is 5.21. The number of rotatable bonds is 3. The molecule has 0 saturated heterocycles. The predicted octanol–water partition coefficient (Wildman–Crippen LogP) is 3.62. The van der Waals surface area contributed by atoms with Crippen molar-refractivity contribution >= 4 is 0 Å². The molecule has 0 aromatic rings. The van der Waals surface area contributed by atoms with E-state index in [1.807, 2.05) is 0 Å². The molecule has 2 fully saturated rings. The van der Waals surface area contributed by atoms with Crippen molar-refractivity contribution in [1.82, 2.24) is 0 Å². The van der Waals surface area contributed by atoms with E-state index in [1.165, 1.54) is 64.2 Å². The Hall–Kier alpha value is -0.550. The maximum atomic E-state index is 9.75. The number of hydrogen-bond donors (Lipinski definition) is 1. The van der Waals surface area contributed by atoms with E-state index < -0.39 is 0 Å². The highest BCUT2D eigenvalue weighted by atomic mass is 14.6. The molecule has 0 atom stereocenters. The van der Waals surface area contributed by atoms with Crippen molar-refractivity contribution in [3.63, 3.8) is 0 Å². The van der Waals surface area contributed by atoms with Crippen LogP contribution in [0.5, 0.6) is 0 Å². The first-order valence-electron chi connectivity index (χ1n) is 7.45. The van der Waals surface area contributed by atoms with Crippen molar-refractivity contribution in [3.8, 4) is 6.07 Å². The molecule has 0 aliphatic heterocycles. The third-order valence-corrected chi connectivity index (χ3v) is 5.21. The van der Waals surface area contributed by atoms with E-state index in [4.69, 9.17) is 5.73 Å². The average molecular weight is 234 g/mol. The Bertz CT molecular complexity index is 249. The SMILES string of the molecule is N#CC(CN)(C1CCCCC1)C1CCCCC1. The topological polar surface area (TPSA) is 49.8 Å². The summed E-state index contributed by atoms with van der Waals surface area (Å²) in [5, 5.41) is 9.75. The molecule has 0 amide bonds. The molecule has 96 valence electrons. The van der Waals surface area contributed by atoms with Gasteiger partial charge in [0.15, 0.2) is 0 Å². The molecule has 2 aliphatic rings. The highest BCUT2D eigenvalue weighted by Gasteiger charge is 2.44. The van der Waals surface area contributed by atoms with Crippen LogP contribution in [0.1, 0.15) is 64.2 Å². The summed E-state index contributed by atoms with van der Waals surface area (Å²) >= 11 is 0. The summed E-state index contributed by atoms with van der Waals surface area (Å²) in [5.74, 6) is 1.16. The van der Waals surface area contributed by atoms with Gasteiger partial charge in [-0.3, -0.25) is 0 Å². The van der Waals surface area contributed by atoms with Crippen LogP contribution in [-0.2, 0) is 0 Å². The van der Waals surface area contributed by atoms with Crippen LogP contribution in [0.4, 0.5) is 0 Å². The highest BCUT2D eigenvalue weighted by molar-refractivity contribution is 5.08. The van der Waals surface area contributed by atoms with Gasteiger partial charge in [-0.1, -0.05) is 38.5 Å². The maximum absolute atomic E-state index is 9.75. The minimum absolute atomic E-state index is 0.194. The second-order valence-electron chi connectivity index (χ2n) is 6.03. The molecule has 17 heavy (non-hydrogen) atoms. The minimum atomic E-state index is -0.194. The van der Waals surface area contributed by atoms with E-state index in [-0.39, 0.29) is 5.41 Å². The Labute approximate surface area is 106 Å². The fourth-order valence-corrected chi connectivity index (χ4v) is 4.13. The summed E-state index contributed by atoms with van der Waals surface area (Å²) in [6, 6.07) is 2.68. The van der Waals surface area contributed by atoms with Crippen LogP contribution >= 0.6 is 0 Å². The number of nitrogens with zero attached hydrogens (tertiary/aromatic N) is 1. The standard InChI is InChI=1S/C15H26N2/c16-11-15(12-17,13-7-3-1-4-8-13)14-9-5-2-6-10-14/h13-14H,1-11,16H2. The molecule has 2 rings (SSSR count). The lowest BCUT2D eigenvalue weighted by Gasteiger charge is -2.43. The first-order valence-corrected chi connectivity index (χ1v) is 7.45. The molecule has 0 aromatic heterocycles. The van der Waals surface area contributed by atoms with Crippen LogP contribution < -0.4 is 5.73 Å². The summed E-state index contributed by atoms with van der Waals surface area (Å²) in [6.07, 6.45) is 12.9. The van der Waals surface area contributed by atoms with Crippen LogP contribution in [0.15, 0.2) is 0 Å². The van der Waals surface area contributed by atoms with Crippen LogP contribution in [0, 0.1) is 28.6 Å². The van der Waals surface area contributed by atoms with Crippen LogP contribution in [-0.4, -0.2) is 6.54 Å². The van der Waals surface area contributed by atoms with E-state index in [0.717, 1.165) is 0 Å². The summed E-state index contributed by atoms with van der Waals surface area (Å²) in [7, 11) is 0. The smallest absolute Gasteiger partial charge is 0.0752 e. The number of nitrogens with two attached hydrogens (primary N) is 1. The lowest BCUT2D eigenvalue weighted by atomic mass is 9.59. The molecule has 0 radical (unpaired) electrons. The largest absolute Gasteiger partial charge is 0.329 e. The predicted molar refractivity (Wildman–Crippen MR) is 70.3 cm³/mol. The molecule has 0 bridgehead atoms. The van der Waals surface area contributed by atoms with Gasteiger partial charge in [0.25, 0.3) is 0 Å². The molecule has 0 aromatic carbocycles. The zero-order chi connectivity index (χ0) is 12.1. The number of nitriles is 1. The van der Waals surface area contributed by atoms with Crippen molar-refractivity contribution in [2.75, 3.05) is 6.54 Å². The van der Waals surface area contributed by atoms with Crippen LogP contribution in [0.3, 0.4) is 0 Å². The second-order valence-corrected chi connectivity index (χ2v) is 6.03. The molecule has 2 nitrogen and oxygen atoms in total. The summed E-state index contributed by atoms with van der Waals surface area (Å²) in [5.41, 5.74) is 5.86. The quantitative estimate of drug-likeness (QED) is 0.811. The molecule has 2 saturated carbocycles. The van der Waals surface area contributed by atoms with Crippen molar-refractivity contribution in [2.45, 2.75) is 64.2 Å². The molecule has 0 spiro atoms. The van der Waals surface area contributed by atoms with Gasteiger partial charge in [0.1, 0.15) is 0 Å². The van der Waals surface area contributed by atoms with Crippen molar-refractivity contribution in [2.24, 2.45) is 23.0 Å². The second kappa shape index (κ2) is 5.87. The van der Waals surface area contributed by atoms with Gasteiger partial charge >= 0.3 is 0 Å². The van der Waals surface area contributed by atoms with Crippen LogP contribution in [0.25, 0.3) is 0 Å². The first kappa shape index (κ1) is 12.9. The fraction of sp³-hybridized carbons (Fsp3) is 0.933. The molecule has 2 aliphatic carbocycles. The number of hydrogen-bond acceptors (Lipinski definition) is 2. The van der Waals surface area contributed by atoms with Gasteiger partial charge in [-0.05, 0) is 37.5 Å². The third kappa shape index (κ3) is 2.50. The van der Waals surface area contributed by atoms with E-state index in [9.17, 15) is 5.26 Å². The van der Waals surface area contributed by atoms with Crippen LogP contribution in [0.2, 0.25) is 0 Å². The molecular formula is C15H26N2. The lowest BCUT2D eigenvalue weighted by Crippen LogP contribution is -2.44. The van der Waals surface area contributed by atoms with Crippen molar-refractivity contribution < 1.29 is 0 Å². The van der Waals surface area contributed by atoms with Gasteiger partial charge in [0.05, 0.1) is 11.5 Å². The summed E-state index contributed by atoms with van der Waals surface area (Å²) in [6.45, 7) is 0.582. The van der Waals surface area contributed by atoms with E-state index in [1.54, 1.807) is 0 Å². The van der Waals surface area contributed by atoms with Gasteiger partial charge in [-0.2, -0.15) is 5.26 Å². The van der Waals surface area contributed by atoms with E-state index in [2.05, 4.69) is 6.07 Å². The Morgan fingerprint density at radius 1 is 0.882 bits per heavy atom. The average Bonchev–Trinajstić information content (AvgIpc) is 2.43. The summed E-state index contributed by atoms with van der Waals surface area (Å²) < 4.78 is 0. The highest BCUT2D eigenvalue weighted by Crippen LogP contribution is 2.47. The van der Waals surface area contributed by atoms with Gasteiger partial charge in [-0.25, -0.2) is 0 Å². The van der Waals surface area contributed by atoms with Crippen molar-refractivity contribution in [3.05, 3.63) is 0 Å². The minimum Gasteiger partial charge on any atom is -0.329 e. The molecular weight excluding hydrogens is 208 g/mol. The Morgan fingerprint density at radius 2 is 1.29 bits per heavy atom. The van der Waals surface area contributed by atoms with Gasteiger partial charge < -0.3 is 5.73 Å². The molecule has 0 heterocycles.